The molecule has 0 aliphatic carbocycles. The van der Waals surface area contributed by atoms with Gasteiger partial charge in [-0.2, -0.15) is 5.26 Å². The molecule has 0 aliphatic heterocycles. The van der Waals surface area contributed by atoms with E-state index in [0.717, 1.165) is 5.39 Å². The summed E-state index contributed by atoms with van der Waals surface area (Å²) in [5.41, 5.74) is 1.19. The van der Waals surface area contributed by atoms with Crippen molar-refractivity contribution in [1.29, 1.82) is 5.26 Å². The zero-order valence-electron chi connectivity index (χ0n) is 10.5. The Bertz CT molecular complexity index is 604. The highest BCUT2D eigenvalue weighted by atomic mass is 16.3. The molecule has 2 aromatic rings. The van der Waals surface area contributed by atoms with Crippen LogP contribution in [0.5, 0.6) is 0 Å². The Kier molecular flexibility index (Phi) is 3.47. The summed E-state index contributed by atoms with van der Waals surface area (Å²) in [5.74, 6) is -0.418. The van der Waals surface area contributed by atoms with E-state index in [9.17, 15) is 4.79 Å². The SMILES string of the molecule is CC(C)CC(C#N)C(=O)c1coc2ccccc12. The monoisotopic (exact) mass is 241 g/mol. The van der Waals surface area contributed by atoms with Crippen LogP contribution >= 0.6 is 0 Å². The fraction of sp³-hybridized carbons (Fsp3) is 0.333. The van der Waals surface area contributed by atoms with Crippen LogP contribution in [0.15, 0.2) is 34.9 Å². The standard InChI is InChI=1S/C15H15NO2/c1-10(2)7-11(8-16)15(17)13-9-18-14-6-4-3-5-12(13)14/h3-6,9-11H,7H2,1-2H3. The van der Waals surface area contributed by atoms with Gasteiger partial charge in [0.05, 0.1) is 11.6 Å². The summed E-state index contributed by atoms with van der Waals surface area (Å²) in [4.78, 5) is 12.3. The lowest BCUT2D eigenvalue weighted by Gasteiger charge is -2.09. The van der Waals surface area contributed by atoms with Crippen LogP contribution in [0.2, 0.25) is 0 Å². The molecule has 1 atom stereocenters. The summed E-state index contributed by atoms with van der Waals surface area (Å²) in [7, 11) is 0. The number of para-hydroxylation sites is 1. The zero-order chi connectivity index (χ0) is 13.1. The van der Waals surface area contributed by atoms with Gasteiger partial charge in [-0.3, -0.25) is 4.79 Å². The van der Waals surface area contributed by atoms with Gasteiger partial charge in [0, 0.05) is 5.39 Å². The Hall–Kier alpha value is -2.08. The van der Waals surface area contributed by atoms with Crippen LogP contribution in [0, 0.1) is 23.2 Å². The number of benzene rings is 1. The van der Waals surface area contributed by atoms with Gasteiger partial charge in [-0.05, 0) is 18.4 Å². The molecule has 2 rings (SSSR count). The number of ketones is 1. The van der Waals surface area contributed by atoms with E-state index in [4.69, 9.17) is 9.68 Å². The lowest BCUT2D eigenvalue weighted by molar-refractivity contribution is 0.0937. The second-order valence-corrected chi connectivity index (χ2v) is 4.82. The highest BCUT2D eigenvalue weighted by Gasteiger charge is 2.23. The topological polar surface area (TPSA) is 54.0 Å². The van der Waals surface area contributed by atoms with Gasteiger partial charge in [0.15, 0.2) is 5.78 Å². The first-order valence-electron chi connectivity index (χ1n) is 6.03. The molecule has 0 fully saturated rings. The number of furan rings is 1. The number of rotatable bonds is 4. The predicted octanol–water partition coefficient (Wildman–Crippen LogP) is 3.80. The van der Waals surface area contributed by atoms with E-state index >= 15 is 0 Å². The number of hydrogen-bond acceptors (Lipinski definition) is 3. The Morgan fingerprint density at radius 3 is 2.78 bits per heavy atom. The van der Waals surface area contributed by atoms with Crippen LogP contribution in [0.3, 0.4) is 0 Å². The van der Waals surface area contributed by atoms with Crippen molar-refractivity contribution in [3.63, 3.8) is 0 Å². The van der Waals surface area contributed by atoms with Gasteiger partial charge in [-0.25, -0.2) is 0 Å². The summed E-state index contributed by atoms with van der Waals surface area (Å²) in [6, 6.07) is 9.47. The maximum absolute atomic E-state index is 12.3. The first-order valence-corrected chi connectivity index (χ1v) is 6.03. The molecule has 0 N–H and O–H groups in total. The predicted molar refractivity (Wildman–Crippen MR) is 69.1 cm³/mol. The molecular weight excluding hydrogens is 226 g/mol. The number of carbonyl (C=O) groups is 1. The van der Waals surface area contributed by atoms with E-state index in [2.05, 4.69) is 6.07 Å². The molecule has 1 heterocycles. The van der Waals surface area contributed by atoms with Crippen LogP contribution in [0.1, 0.15) is 30.6 Å². The first-order chi connectivity index (χ1) is 8.63. The third-order valence-corrected chi connectivity index (χ3v) is 2.93. The lowest BCUT2D eigenvalue weighted by Crippen LogP contribution is -2.14. The van der Waals surface area contributed by atoms with Crippen LogP contribution in [0.25, 0.3) is 11.0 Å². The third kappa shape index (κ3) is 2.28. The summed E-state index contributed by atoms with van der Waals surface area (Å²) in [6.07, 6.45) is 2.03. The largest absolute Gasteiger partial charge is 0.464 e. The molecule has 0 bridgehead atoms. The molecule has 0 saturated heterocycles. The van der Waals surface area contributed by atoms with E-state index in [1.807, 2.05) is 38.1 Å². The lowest BCUT2D eigenvalue weighted by atomic mass is 9.91. The van der Waals surface area contributed by atoms with Gasteiger partial charge in [0.1, 0.15) is 17.8 Å². The number of hydrogen-bond donors (Lipinski definition) is 0. The van der Waals surface area contributed by atoms with Crippen molar-refractivity contribution in [2.75, 3.05) is 0 Å². The minimum Gasteiger partial charge on any atom is -0.464 e. The molecule has 0 aliphatic rings. The van der Waals surface area contributed by atoms with E-state index in [1.54, 1.807) is 0 Å². The summed E-state index contributed by atoms with van der Waals surface area (Å²) < 4.78 is 5.34. The van der Waals surface area contributed by atoms with Crippen molar-refractivity contribution in [3.05, 3.63) is 36.1 Å². The Morgan fingerprint density at radius 1 is 1.39 bits per heavy atom. The molecule has 0 amide bonds. The van der Waals surface area contributed by atoms with Crippen molar-refractivity contribution in [2.24, 2.45) is 11.8 Å². The second kappa shape index (κ2) is 5.05. The highest BCUT2D eigenvalue weighted by molar-refractivity contribution is 6.09. The van der Waals surface area contributed by atoms with Gasteiger partial charge in [0.2, 0.25) is 0 Å². The number of carbonyl (C=O) groups excluding carboxylic acids is 1. The van der Waals surface area contributed by atoms with Gasteiger partial charge in [0.25, 0.3) is 0 Å². The van der Waals surface area contributed by atoms with Crippen molar-refractivity contribution in [1.82, 2.24) is 0 Å². The minimum absolute atomic E-state index is 0.142. The van der Waals surface area contributed by atoms with Gasteiger partial charge >= 0.3 is 0 Å². The van der Waals surface area contributed by atoms with Crippen molar-refractivity contribution in [3.8, 4) is 6.07 Å². The van der Waals surface area contributed by atoms with Crippen molar-refractivity contribution >= 4 is 16.8 Å². The Morgan fingerprint density at radius 2 is 2.11 bits per heavy atom. The number of fused-ring (bicyclic) bond motifs is 1. The Labute approximate surface area is 106 Å². The van der Waals surface area contributed by atoms with E-state index < -0.39 is 5.92 Å². The minimum atomic E-state index is -0.592. The first kappa shape index (κ1) is 12.4. The van der Waals surface area contributed by atoms with Crippen LogP contribution in [0.4, 0.5) is 0 Å². The van der Waals surface area contributed by atoms with Crippen molar-refractivity contribution < 1.29 is 9.21 Å². The molecule has 3 heteroatoms. The van der Waals surface area contributed by atoms with E-state index in [1.165, 1.54) is 6.26 Å². The normalized spacial score (nSPS) is 12.6. The van der Waals surface area contributed by atoms with Gasteiger partial charge in [-0.15, -0.1) is 0 Å². The van der Waals surface area contributed by atoms with Crippen molar-refractivity contribution in [2.45, 2.75) is 20.3 Å². The van der Waals surface area contributed by atoms with Gasteiger partial charge in [-0.1, -0.05) is 32.0 Å². The number of Topliss-reactive ketones (excluding diaryl/α,β-unsaturated/α-hetero) is 1. The molecule has 0 saturated carbocycles. The second-order valence-electron chi connectivity index (χ2n) is 4.82. The third-order valence-electron chi connectivity index (χ3n) is 2.93. The maximum atomic E-state index is 12.3. The molecule has 0 radical (unpaired) electrons. The molecule has 18 heavy (non-hydrogen) atoms. The zero-order valence-corrected chi connectivity index (χ0v) is 10.5. The molecule has 92 valence electrons. The summed E-state index contributed by atoms with van der Waals surface area (Å²) in [5, 5.41) is 9.90. The van der Waals surface area contributed by atoms with Crippen LogP contribution in [-0.2, 0) is 0 Å². The molecular formula is C15H15NO2. The number of nitriles is 1. The molecule has 1 aromatic carbocycles. The number of nitrogens with zero attached hydrogens (tertiary/aromatic N) is 1. The van der Waals surface area contributed by atoms with E-state index in [0.29, 0.717) is 23.5 Å². The van der Waals surface area contributed by atoms with E-state index in [-0.39, 0.29) is 5.78 Å². The molecule has 1 unspecified atom stereocenters. The summed E-state index contributed by atoms with van der Waals surface area (Å²) >= 11 is 0. The highest BCUT2D eigenvalue weighted by Crippen LogP contribution is 2.25. The smallest absolute Gasteiger partial charge is 0.183 e. The summed E-state index contributed by atoms with van der Waals surface area (Å²) in [6.45, 7) is 4.01. The molecule has 0 spiro atoms. The molecule has 3 nitrogen and oxygen atoms in total. The fourth-order valence-corrected chi connectivity index (χ4v) is 2.05. The average molecular weight is 241 g/mol. The molecule has 1 aromatic heterocycles. The fourth-order valence-electron chi connectivity index (χ4n) is 2.05. The Balaban J connectivity index is 2.36. The van der Waals surface area contributed by atoms with Gasteiger partial charge < -0.3 is 4.42 Å². The van der Waals surface area contributed by atoms with Crippen LogP contribution in [-0.4, -0.2) is 5.78 Å². The maximum Gasteiger partial charge on any atom is 0.183 e. The average Bonchev–Trinajstić information content (AvgIpc) is 2.78. The quantitative estimate of drug-likeness (QED) is 0.765. The van der Waals surface area contributed by atoms with Crippen LogP contribution < -0.4 is 0 Å².